The van der Waals surface area contributed by atoms with Gasteiger partial charge in [0.05, 0.1) is 21.5 Å². The summed E-state index contributed by atoms with van der Waals surface area (Å²) in [6.45, 7) is 4.91. The topological polar surface area (TPSA) is 79.1 Å². The Morgan fingerprint density at radius 1 is 1.31 bits per heavy atom. The monoisotopic (exact) mass is 450 g/mol. The summed E-state index contributed by atoms with van der Waals surface area (Å²) >= 11 is 1.43. The molecule has 3 aromatic rings. The van der Waals surface area contributed by atoms with E-state index < -0.39 is 0 Å². The molecule has 0 radical (unpaired) electrons. The molecule has 1 fully saturated rings. The van der Waals surface area contributed by atoms with E-state index in [1.54, 1.807) is 24.3 Å². The molecule has 4 rings (SSSR count). The Morgan fingerprint density at radius 3 is 2.78 bits per heavy atom. The summed E-state index contributed by atoms with van der Waals surface area (Å²) in [5.74, 6) is 0.216. The lowest BCUT2D eigenvalue weighted by Gasteiger charge is -2.39. The maximum Gasteiger partial charge on any atom is 0.274 e. The summed E-state index contributed by atoms with van der Waals surface area (Å²) < 4.78 is 19.3. The van der Waals surface area contributed by atoms with Crippen LogP contribution in [0.2, 0.25) is 0 Å². The largest absolute Gasteiger partial charge is 0.475 e. The number of aromatic nitrogens is 2. The third-order valence-corrected chi connectivity index (χ3v) is 6.71. The van der Waals surface area contributed by atoms with Crippen LogP contribution < -0.4 is 4.74 Å². The summed E-state index contributed by atoms with van der Waals surface area (Å²) in [6.07, 6.45) is 3.38. The molecule has 1 aliphatic heterocycles. The van der Waals surface area contributed by atoms with Crippen molar-refractivity contribution in [2.45, 2.75) is 32.7 Å². The van der Waals surface area contributed by atoms with E-state index in [1.807, 2.05) is 17.9 Å². The summed E-state index contributed by atoms with van der Waals surface area (Å²) in [6, 6.07) is 11.4. The number of halogens is 1. The smallest absolute Gasteiger partial charge is 0.274 e. The molecule has 2 aromatic heterocycles. The minimum absolute atomic E-state index is 0.128. The first-order valence-electron chi connectivity index (χ1n) is 10.5. The van der Waals surface area contributed by atoms with Gasteiger partial charge < -0.3 is 9.64 Å². The number of likely N-dealkylation sites (tertiary alicyclic amines) is 1. The Balaban J connectivity index is 1.57. The van der Waals surface area contributed by atoms with Crippen LogP contribution in [-0.2, 0) is 0 Å². The molecule has 0 spiro atoms. The Morgan fingerprint density at radius 2 is 2.09 bits per heavy atom. The first-order chi connectivity index (χ1) is 15.5. The highest BCUT2D eigenvalue weighted by molar-refractivity contribution is 7.15. The highest BCUT2D eigenvalue weighted by atomic mass is 32.1. The molecule has 0 N–H and O–H groups in total. The van der Waals surface area contributed by atoms with Gasteiger partial charge in [0, 0.05) is 18.8 Å². The molecule has 1 saturated heterocycles. The number of rotatable bonds is 5. The molecule has 164 valence electrons. The minimum Gasteiger partial charge on any atom is -0.475 e. The van der Waals surface area contributed by atoms with Crippen LogP contribution in [0.25, 0.3) is 10.4 Å². The van der Waals surface area contributed by atoms with Gasteiger partial charge in [0.1, 0.15) is 24.2 Å². The number of nitriles is 1. The molecule has 0 unspecified atom stereocenters. The normalized spacial score (nSPS) is 18.2. The van der Waals surface area contributed by atoms with Gasteiger partial charge >= 0.3 is 0 Å². The van der Waals surface area contributed by atoms with Crippen molar-refractivity contribution in [2.75, 3.05) is 13.2 Å². The Labute approximate surface area is 190 Å². The number of carbonyl (C=O) groups is 1. The zero-order valence-corrected chi connectivity index (χ0v) is 18.7. The van der Waals surface area contributed by atoms with Crippen molar-refractivity contribution in [3.05, 3.63) is 64.7 Å². The van der Waals surface area contributed by atoms with Crippen molar-refractivity contribution in [1.29, 1.82) is 5.26 Å². The van der Waals surface area contributed by atoms with E-state index in [4.69, 9.17) is 10.00 Å². The second-order valence-corrected chi connectivity index (χ2v) is 9.11. The lowest BCUT2D eigenvalue weighted by molar-refractivity contribution is 0.0384. The maximum absolute atomic E-state index is 13.6. The Bertz CT molecular complexity index is 1140. The molecule has 1 aliphatic rings. The molecule has 6 nitrogen and oxygen atoms in total. The molecule has 1 amide bonds. The average Bonchev–Trinajstić information content (AvgIpc) is 3.20. The Hall–Kier alpha value is -3.31. The summed E-state index contributed by atoms with van der Waals surface area (Å²) in [7, 11) is 0. The first kappa shape index (κ1) is 21.9. The second kappa shape index (κ2) is 9.45. The van der Waals surface area contributed by atoms with E-state index in [-0.39, 0.29) is 23.7 Å². The predicted octanol–water partition coefficient (Wildman–Crippen LogP) is 4.84. The van der Waals surface area contributed by atoms with Gasteiger partial charge in [0.2, 0.25) is 5.88 Å². The van der Waals surface area contributed by atoms with Crippen LogP contribution in [-0.4, -0.2) is 40.0 Å². The number of aryl methyl sites for hydroxylation is 1. The molecule has 32 heavy (non-hydrogen) atoms. The third kappa shape index (κ3) is 4.63. The summed E-state index contributed by atoms with van der Waals surface area (Å²) in [5, 5.41) is 9.71. The van der Waals surface area contributed by atoms with Gasteiger partial charge in [0.25, 0.3) is 5.91 Å². The van der Waals surface area contributed by atoms with Crippen molar-refractivity contribution in [2.24, 2.45) is 5.92 Å². The van der Waals surface area contributed by atoms with Crippen LogP contribution >= 0.6 is 11.3 Å². The lowest BCUT2D eigenvalue weighted by atomic mass is 9.91. The number of pyridine rings is 1. The fraction of sp³-hybridized carbons (Fsp3) is 0.333. The van der Waals surface area contributed by atoms with Crippen LogP contribution in [0.4, 0.5) is 4.39 Å². The summed E-state index contributed by atoms with van der Waals surface area (Å²) in [5.41, 5.74) is 1.64. The number of hydrogen-bond donors (Lipinski definition) is 0. The number of piperidine rings is 1. The van der Waals surface area contributed by atoms with Crippen LogP contribution in [0.1, 0.15) is 40.8 Å². The standard InChI is InChI=1S/C24H23FN4O2S/c1-15-4-3-11-29(20(15)14-31-21-10-5-17(12-26)13-27-21)24(30)22-23(32-16(2)28-22)18-6-8-19(25)9-7-18/h5-10,13,15,20H,3-4,11,14H2,1-2H3/t15-,20-/m1/s1. The number of carbonyl (C=O) groups excluding carboxylic acids is 1. The SMILES string of the molecule is Cc1nc(C(=O)N2CCC[C@@H](C)[C@H]2COc2ccc(C#N)cn2)c(-c2ccc(F)cc2)s1. The quantitative estimate of drug-likeness (QED) is 0.556. The zero-order chi connectivity index (χ0) is 22.7. The number of amides is 1. The van der Waals surface area contributed by atoms with E-state index in [0.29, 0.717) is 30.3 Å². The van der Waals surface area contributed by atoms with Gasteiger partial charge in [-0.25, -0.2) is 14.4 Å². The molecule has 2 atom stereocenters. The van der Waals surface area contributed by atoms with Crippen molar-refractivity contribution in [3.63, 3.8) is 0 Å². The highest BCUT2D eigenvalue weighted by Gasteiger charge is 2.35. The van der Waals surface area contributed by atoms with Crippen LogP contribution in [0.15, 0.2) is 42.6 Å². The van der Waals surface area contributed by atoms with Crippen LogP contribution in [0, 0.1) is 30.0 Å². The number of hydrogen-bond acceptors (Lipinski definition) is 6. The van der Waals surface area contributed by atoms with Gasteiger partial charge in [-0.15, -0.1) is 11.3 Å². The van der Waals surface area contributed by atoms with Gasteiger partial charge in [-0.3, -0.25) is 4.79 Å². The molecule has 1 aromatic carbocycles. The molecule has 0 bridgehead atoms. The van der Waals surface area contributed by atoms with E-state index >= 15 is 0 Å². The third-order valence-electron chi connectivity index (χ3n) is 5.69. The zero-order valence-electron chi connectivity index (χ0n) is 17.9. The number of benzene rings is 1. The average molecular weight is 451 g/mol. The van der Waals surface area contributed by atoms with E-state index in [2.05, 4.69) is 16.9 Å². The first-order valence-corrected chi connectivity index (χ1v) is 11.3. The summed E-state index contributed by atoms with van der Waals surface area (Å²) in [4.78, 5) is 24.9. The van der Waals surface area contributed by atoms with Crippen molar-refractivity contribution < 1.29 is 13.9 Å². The maximum atomic E-state index is 13.6. The van der Waals surface area contributed by atoms with Crippen LogP contribution in [0.3, 0.4) is 0 Å². The van der Waals surface area contributed by atoms with E-state index in [9.17, 15) is 9.18 Å². The predicted molar refractivity (Wildman–Crippen MR) is 120 cm³/mol. The molecular weight excluding hydrogens is 427 g/mol. The second-order valence-electron chi connectivity index (χ2n) is 7.91. The fourth-order valence-corrected chi connectivity index (χ4v) is 4.88. The number of ether oxygens (including phenoxy) is 1. The molecule has 8 heteroatoms. The minimum atomic E-state index is -0.318. The van der Waals surface area contributed by atoms with Gasteiger partial charge in [-0.1, -0.05) is 19.1 Å². The fourth-order valence-electron chi connectivity index (χ4n) is 3.96. The van der Waals surface area contributed by atoms with Crippen molar-refractivity contribution in [1.82, 2.24) is 14.9 Å². The van der Waals surface area contributed by atoms with Gasteiger partial charge in [0.15, 0.2) is 0 Å². The highest BCUT2D eigenvalue weighted by Crippen LogP contribution is 2.33. The number of thiazole rings is 1. The lowest BCUT2D eigenvalue weighted by Crippen LogP contribution is -2.50. The van der Waals surface area contributed by atoms with Crippen LogP contribution in [0.5, 0.6) is 5.88 Å². The van der Waals surface area contributed by atoms with Gasteiger partial charge in [-0.05, 0) is 49.4 Å². The molecule has 0 saturated carbocycles. The van der Waals surface area contributed by atoms with Crippen molar-refractivity contribution in [3.8, 4) is 22.4 Å². The molecule has 3 heterocycles. The Kier molecular flexibility index (Phi) is 6.47. The molecule has 0 aliphatic carbocycles. The number of nitrogens with zero attached hydrogens (tertiary/aromatic N) is 4. The van der Waals surface area contributed by atoms with Crippen molar-refractivity contribution >= 4 is 17.2 Å². The van der Waals surface area contributed by atoms with E-state index in [0.717, 1.165) is 28.3 Å². The van der Waals surface area contributed by atoms with E-state index in [1.165, 1.54) is 29.7 Å². The molecular formula is C24H23FN4O2S. The van der Waals surface area contributed by atoms with Gasteiger partial charge in [-0.2, -0.15) is 5.26 Å².